The number of hydrogen-bond donors (Lipinski definition) is 0. The van der Waals surface area contributed by atoms with Crippen molar-refractivity contribution in [3.63, 3.8) is 0 Å². The molecule has 0 N–H and O–H groups in total. The van der Waals surface area contributed by atoms with Gasteiger partial charge in [0.25, 0.3) is 0 Å². The predicted molar refractivity (Wildman–Crippen MR) is 58.4 cm³/mol. The van der Waals surface area contributed by atoms with Crippen LogP contribution in [0.5, 0.6) is 0 Å². The monoisotopic (exact) mass is 191 g/mol. The molecule has 0 atom stereocenters. The summed E-state index contributed by atoms with van der Waals surface area (Å²) in [6.45, 7) is 6.59. The van der Waals surface area contributed by atoms with Crippen molar-refractivity contribution in [1.82, 2.24) is 4.98 Å². The number of aromatic nitrogens is 1. The minimum atomic E-state index is 0.588. The van der Waals surface area contributed by atoms with Gasteiger partial charge in [-0.1, -0.05) is 19.9 Å². The van der Waals surface area contributed by atoms with Crippen molar-refractivity contribution in [2.45, 2.75) is 26.7 Å². The number of thiazole rings is 1. The van der Waals surface area contributed by atoms with E-state index in [-0.39, 0.29) is 0 Å². The van der Waals surface area contributed by atoms with Gasteiger partial charge in [-0.25, -0.2) is 4.98 Å². The van der Waals surface area contributed by atoms with E-state index in [9.17, 15) is 0 Å². The van der Waals surface area contributed by atoms with Crippen molar-refractivity contribution in [2.24, 2.45) is 0 Å². The first-order valence-electron chi connectivity index (χ1n) is 4.52. The Hall–Kier alpha value is -0.890. The third-order valence-corrected chi connectivity index (χ3v) is 3.28. The molecule has 0 unspecified atom stereocenters. The van der Waals surface area contributed by atoms with Gasteiger partial charge in [-0.3, -0.25) is 0 Å². The Labute approximate surface area is 82.4 Å². The second-order valence-corrected chi connectivity index (χ2v) is 4.55. The number of nitrogens with zero attached hydrogens (tertiary/aromatic N) is 1. The lowest BCUT2D eigenvalue weighted by molar-refractivity contribution is 0.867. The van der Waals surface area contributed by atoms with Crippen LogP contribution in [-0.2, 0) is 0 Å². The van der Waals surface area contributed by atoms with E-state index in [0.717, 1.165) is 5.52 Å². The molecular weight excluding hydrogens is 178 g/mol. The smallest absolute Gasteiger partial charge is 0.0817 e. The van der Waals surface area contributed by atoms with Crippen LogP contribution in [0.4, 0.5) is 0 Å². The summed E-state index contributed by atoms with van der Waals surface area (Å²) < 4.78 is 1.32. The van der Waals surface area contributed by atoms with Gasteiger partial charge in [-0.2, -0.15) is 0 Å². The molecule has 0 aliphatic rings. The quantitative estimate of drug-likeness (QED) is 0.669. The Morgan fingerprint density at radius 1 is 1.31 bits per heavy atom. The number of rotatable bonds is 1. The van der Waals surface area contributed by atoms with E-state index in [2.05, 4.69) is 37.9 Å². The van der Waals surface area contributed by atoms with Crippen molar-refractivity contribution < 1.29 is 0 Å². The largest absolute Gasteiger partial charge is 0.245 e. The van der Waals surface area contributed by atoms with Gasteiger partial charge in [-0.15, -0.1) is 11.3 Å². The molecule has 2 rings (SSSR count). The molecule has 0 saturated carbocycles. The summed E-state index contributed by atoms with van der Waals surface area (Å²) in [6.07, 6.45) is 0. The molecule has 0 aliphatic carbocycles. The number of aryl methyl sites for hydroxylation is 1. The van der Waals surface area contributed by atoms with E-state index in [1.807, 2.05) is 5.51 Å². The molecule has 0 spiro atoms. The van der Waals surface area contributed by atoms with Gasteiger partial charge in [0.15, 0.2) is 0 Å². The van der Waals surface area contributed by atoms with Gasteiger partial charge < -0.3 is 0 Å². The van der Waals surface area contributed by atoms with Crippen LogP contribution in [-0.4, -0.2) is 4.98 Å². The molecule has 1 aromatic carbocycles. The molecule has 2 heteroatoms. The van der Waals surface area contributed by atoms with Crippen LogP contribution in [0.2, 0.25) is 0 Å². The summed E-state index contributed by atoms with van der Waals surface area (Å²) in [5.41, 5.74) is 5.80. The van der Waals surface area contributed by atoms with Crippen LogP contribution in [0.25, 0.3) is 10.2 Å². The van der Waals surface area contributed by atoms with Crippen LogP contribution in [0.15, 0.2) is 17.6 Å². The highest BCUT2D eigenvalue weighted by Crippen LogP contribution is 2.26. The minimum absolute atomic E-state index is 0.588. The van der Waals surface area contributed by atoms with Crippen molar-refractivity contribution in [1.29, 1.82) is 0 Å². The summed E-state index contributed by atoms with van der Waals surface area (Å²) in [5, 5.41) is 0. The van der Waals surface area contributed by atoms with Crippen molar-refractivity contribution >= 4 is 21.6 Å². The fourth-order valence-corrected chi connectivity index (χ4v) is 2.25. The van der Waals surface area contributed by atoms with Crippen LogP contribution < -0.4 is 0 Å². The average molecular weight is 191 g/mol. The van der Waals surface area contributed by atoms with Crippen LogP contribution in [0.1, 0.15) is 30.9 Å². The first kappa shape index (κ1) is 8.70. The normalized spacial score (nSPS) is 11.4. The van der Waals surface area contributed by atoms with Gasteiger partial charge in [-0.05, 0) is 30.0 Å². The molecule has 0 amide bonds. The molecule has 0 radical (unpaired) electrons. The second kappa shape index (κ2) is 3.11. The molecule has 0 aliphatic heterocycles. The maximum Gasteiger partial charge on any atom is 0.0817 e. The van der Waals surface area contributed by atoms with Crippen molar-refractivity contribution in [2.75, 3.05) is 0 Å². The van der Waals surface area contributed by atoms with E-state index in [1.54, 1.807) is 11.3 Å². The Balaban J connectivity index is 2.70. The zero-order chi connectivity index (χ0) is 9.42. The SMILES string of the molecule is Cc1cc(C(C)C)cc2ncsc12. The predicted octanol–water partition coefficient (Wildman–Crippen LogP) is 3.73. The summed E-state index contributed by atoms with van der Waals surface area (Å²) in [7, 11) is 0. The Morgan fingerprint density at radius 2 is 2.08 bits per heavy atom. The second-order valence-electron chi connectivity index (χ2n) is 3.69. The maximum atomic E-state index is 4.34. The molecule has 1 heterocycles. The Bertz CT molecular complexity index is 429. The fourth-order valence-electron chi connectivity index (χ4n) is 1.50. The van der Waals surface area contributed by atoms with E-state index in [4.69, 9.17) is 0 Å². The molecule has 0 saturated heterocycles. The lowest BCUT2D eigenvalue weighted by Crippen LogP contribution is -1.88. The Morgan fingerprint density at radius 3 is 2.77 bits per heavy atom. The highest BCUT2D eigenvalue weighted by molar-refractivity contribution is 7.16. The number of hydrogen-bond acceptors (Lipinski definition) is 2. The standard InChI is InChI=1S/C11H13NS/c1-7(2)9-4-8(3)11-10(5-9)12-6-13-11/h4-7H,1-3H3. The van der Waals surface area contributed by atoms with Gasteiger partial charge in [0, 0.05) is 0 Å². The fraction of sp³-hybridized carbons (Fsp3) is 0.364. The van der Waals surface area contributed by atoms with Crippen LogP contribution in [0.3, 0.4) is 0 Å². The highest BCUT2D eigenvalue weighted by Gasteiger charge is 2.05. The van der Waals surface area contributed by atoms with E-state index in [1.165, 1.54) is 15.8 Å². The highest BCUT2D eigenvalue weighted by atomic mass is 32.1. The summed E-state index contributed by atoms with van der Waals surface area (Å²) in [4.78, 5) is 4.34. The Kier molecular flexibility index (Phi) is 2.08. The molecule has 1 nitrogen and oxygen atoms in total. The average Bonchev–Trinajstić information content (AvgIpc) is 2.51. The topological polar surface area (TPSA) is 12.9 Å². The number of fused-ring (bicyclic) bond motifs is 1. The molecule has 0 fully saturated rings. The molecule has 0 bridgehead atoms. The lowest BCUT2D eigenvalue weighted by atomic mass is 10.0. The summed E-state index contributed by atoms with van der Waals surface area (Å²) >= 11 is 1.72. The summed E-state index contributed by atoms with van der Waals surface area (Å²) in [6, 6.07) is 4.47. The third kappa shape index (κ3) is 1.46. The molecular formula is C11H13NS. The number of benzene rings is 1. The van der Waals surface area contributed by atoms with Gasteiger partial charge in [0.1, 0.15) is 0 Å². The zero-order valence-electron chi connectivity index (χ0n) is 8.16. The molecule has 1 aromatic heterocycles. The first-order valence-corrected chi connectivity index (χ1v) is 5.40. The first-order chi connectivity index (χ1) is 6.18. The van der Waals surface area contributed by atoms with Crippen molar-refractivity contribution in [3.05, 3.63) is 28.8 Å². The minimum Gasteiger partial charge on any atom is -0.245 e. The van der Waals surface area contributed by atoms with E-state index < -0.39 is 0 Å². The zero-order valence-corrected chi connectivity index (χ0v) is 8.98. The van der Waals surface area contributed by atoms with E-state index in [0.29, 0.717) is 5.92 Å². The maximum absolute atomic E-state index is 4.34. The van der Waals surface area contributed by atoms with Crippen molar-refractivity contribution in [3.8, 4) is 0 Å². The van der Waals surface area contributed by atoms with E-state index >= 15 is 0 Å². The van der Waals surface area contributed by atoms with Gasteiger partial charge in [0.05, 0.1) is 15.7 Å². The van der Waals surface area contributed by atoms with Gasteiger partial charge >= 0.3 is 0 Å². The summed E-state index contributed by atoms with van der Waals surface area (Å²) in [5.74, 6) is 0.588. The molecule has 68 valence electrons. The van der Waals surface area contributed by atoms with Gasteiger partial charge in [0.2, 0.25) is 0 Å². The molecule has 2 aromatic rings. The third-order valence-electron chi connectivity index (χ3n) is 2.31. The van der Waals surface area contributed by atoms with Crippen LogP contribution >= 0.6 is 11.3 Å². The van der Waals surface area contributed by atoms with Crippen LogP contribution in [0, 0.1) is 6.92 Å². The lowest BCUT2D eigenvalue weighted by Gasteiger charge is -2.06. The molecule has 13 heavy (non-hydrogen) atoms.